The van der Waals surface area contributed by atoms with Gasteiger partial charge in [0, 0.05) is 32.7 Å². The summed E-state index contributed by atoms with van der Waals surface area (Å²) < 4.78 is 6.22. The van der Waals surface area contributed by atoms with Crippen molar-refractivity contribution in [1.29, 1.82) is 0 Å². The van der Waals surface area contributed by atoms with E-state index in [9.17, 15) is 24.3 Å². The maximum absolute atomic E-state index is 13.9. The van der Waals surface area contributed by atoms with E-state index in [0.29, 0.717) is 40.1 Å². The van der Waals surface area contributed by atoms with Crippen LogP contribution in [0.25, 0.3) is 0 Å². The maximum Gasteiger partial charge on any atom is 0.238 e. The van der Waals surface area contributed by atoms with Crippen molar-refractivity contribution in [3.05, 3.63) is 86.9 Å². The highest BCUT2D eigenvalue weighted by Crippen LogP contribution is 2.56. The van der Waals surface area contributed by atoms with E-state index in [-0.39, 0.29) is 35.6 Å². The van der Waals surface area contributed by atoms with Crippen molar-refractivity contribution in [2.45, 2.75) is 25.7 Å². The molecule has 1 fully saturated rings. The number of amides is 2. The molecule has 0 unspecified atom stereocenters. The fraction of sp³-hybridized carbons (Fsp3) is 0.267. The molecular weight excluding hydrogens is 550 g/mol. The summed E-state index contributed by atoms with van der Waals surface area (Å²) in [6, 6.07) is 11.8. The molecule has 0 aromatic heterocycles. The van der Waals surface area contributed by atoms with E-state index in [2.05, 4.69) is 15.9 Å². The molecule has 0 spiro atoms. The van der Waals surface area contributed by atoms with Gasteiger partial charge in [-0.15, -0.1) is 0 Å². The second-order valence-electron chi connectivity index (χ2n) is 10.1. The molecule has 0 radical (unpaired) electrons. The van der Waals surface area contributed by atoms with E-state index >= 15 is 0 Å². The number of hydrogen-bond donors (Lipinski definition) is 1. The van der Waals surface area contributed by atoms with Crippen LogP contribution in [0.1, 0.15) is 31.2 Å². The van der Waals surface area contributed by atoms with E-state index in [1.54, 1.807) is 43.3 Å². The molecule has 8 heteroatoms. The summed E-state index contributed by atoms with van der Waals surface area (Å²) in [5.41, 5.74) is 2.73. The van der Waals surface area contributed by atoms with Crippen LogP contribution in [0.4, 0.5) is 5.69 Å². The van der Waals surface area contributed by atoms with Gasteiger partial charge in [0.2, 0.25) is 11.8 Å². The summed E-state index contributed by atoms with van der Waals surface area (Å²) in [7, 11) is 1.51. The topological polar surface area (TPSA) is 101 Å². The quantitative estimate of drug-likeness (QED) is 0.321. The average molecular weight is 574 g/mol. The number of benzene rings is 2. The third kappa shape index (κ3) is 3.54. The number of hydrogen-bond acceptors (Lipinski definition) is 6. The number of halogens is 1. The number of fused-ring (bicyclic) bond motifs is 3. The van der Waals surface area contributed by atoms with Gasteiger partial charge in [-0.3, -0.25) is 24.1 Å². The summed E-state index contributed by atoms with van der Waals surface area (Å²) in [6.07, 6.45) is 3.79. The van der Waals surface area contributed by atoms with Crippen LogP contribution in [-0.4, -0.2) is 35.6 Å². The molecule has 192 valence electrons. The zero-order valence-electron chi connectivity index (χ0n) is 20.7. The minimum atomic E-state index is -0.731. The van der Waals surface area contributed by atoms with Gasteiger partial charge in [0.1, 0.15) is 11.5 Å². The number of ether oxygens (including phenoxy) is 1. The van der Waals surface area contributed by atoms with Crippen molar-refractivity contribution in [2.75, 3.05) is 12.0 Å². The summed E-state index contributed by atoms with van der Waals surface area (Å²) in [4.78, 5) is 55.4. The van der Waals surface area contributed by atoms with Gasteiger partial charge < -0.3 is 9.84 Å². The summed E-state index contributed by atoms with van der Waals surface area (Å²) in [5.74, 6) is -3.08. The standard InChI is InChI=1S/C30H24BrNO6/c1-14-11-24(34)27-22(28(14)35)13-20-18(25(27)21-12-17(38-2)7-10-23(21)33)8-9-19-26(20)30(37)32(29(19)36)16-5-3-15(31)4-6-16/h3-8,10-12,19-20,25-26,33H,9,13H2,1-2H3/t19-,20+,25+,26-/m0/s1. The lowest BCUT2D eigenvalue weighted by atomic mass is 9.59. The summed E-state index contributed by atoms with van der Waals surface area (Å²) >= 11 is 3.39. The molecule has 2 amide bonds. The number of ketones is 2. The number of Topliss-reactive ketones (excluding diaryl/α,β-unsaturated/α-hetero) is 1. The van der Waals surface area contributed by atoms with Gasteiger partial charge in [0.15, 0.2) is 11.6 Å². The molecule has 0 saturated carbocycles. The molecule has 4 aliphatic rings. The van der Waals surface area contributed by atoms with Crippen LogP contribution in [-0.2, 0) is 19.2 Å². The van der Waals surface area contributed by atoms with E-state index in [1.165, 1.54) is 24.2 Å². The first-order chi connectivity index (χ1) is 18.2. The molecule has 2 aromatic rings. The highest BCUT2D eigenvalue weighted by molar-refractivity contribution is 9.10. The van der Waals surface area contributed by atoms with E-state index in [4.69, 9.17) is 4.74 Å². The number of aromatic hydroxyl groups is 1. The summed E-state index contributed by atoms with van der Waals surface area (Å²) in [6.45, 7) is 1.61. The Kier molecular flexibility index (Phi) is 5.76. The predicted molar refractivity (Wildman–Crippen MR) is 143 cm³/mol. The Balaban J connectivity index is 1.51. The van der Waals surface area contributed by atoms with Gasteiger partial charge in [-0.05, 0) is 74.2 Å². The van der Waals surface area contributed by atoms with Crippen molar-refractivity contribution < 1.29 is 29.0 Å². The van der Waals surface area contributed by atoms with Gasteiger partial charge in [-0.2, -0.15) is 0 Å². The van der Waals surface area contributed by atoms with E-state index < -0.39 is 23.7 Å². The molecule has 1 N–H and O–H groups in total. The van der Waals surface area contributed by atoms with Crippen LogP contribution in [0.5, 0.6) is 11.5 Å². The molecule has 3 aliphatic carbocycles. The predicted octanol–water partition coefficient (Wildman–Crippen LogP) is 4.80. The number of methoxy groups -OCH3 is 1. The third-order valence-corrected chi connectivity index (χ3v) is 8.72. The van der Waals surface area contributed by atoms with Crippen molar-refractivity contribution in [3.8, 4) is 11.5 Å². The van der Waals surface area contributed by atoms with Crippen molar-refractivity contribution >= 4 is 45.0 Å². The Morgan fingerprint density at radius 2 is 1.74 bits per heavy atom. The molecule has 0 bridgehead atoms. The fourth-order valence-corrected chi connectivity index (χ4v) is 6.74. The van der Waals surface area contributed by atoms with Crippen LogP contribution < -0.4 is 9.64 Å². The van der Waals surface area contributed by atoms with E-state index in [0.717, 1.165) is 10.0 Å². The number of anilines is 1. The molecule has 6 rings (SSSR count). The minimum absolute atomic E-state index is 0.0387. The molecule has 7 nitrogen and oxygen atoms in total. The number of rotatable bonds is 3. The number of phenolic OH excluding ortho intramolecular Hbond substituents is 1. The highest BCUT2D eigenvalue weighted by atomic mass is 79.9. The van der Waals surface area contributed by atoms with Crippen molar-refractivity contribution in [2.24, 2.45) is 17.8 Å². The smallest absolute Gasteiger partial charge is 0.238 e. The lowest BCUT2D eigenvalue weighted by molar-refractivity contribution is -0.123. The lowest BCUT2D eigenvalue weighted by Gasteiger charge is -2.42. The van der Waals surface area contributed by atoms with Gasteiger partial charge >= 0.3 is 0 Å². The third-order valence-electron chi connectivity index (χ3n) is 8.19. The highest BCUT2D eigenvalue weighted by Gasteiger charge is 2.56. The maximum atomic E-state index is 13.9. The first-order valence-electron chi connectivity index (χ1n) is 12.4. The molecule has 1 heterocycles. The monoisotopic (exact) mass is 573 g/mol. The lowest BCUT2D eigenvalue weighted by Crippen LogP contribution is -2.39. The average Bonchev–Trinajstić information content (AvgIpc) is 3.17. The minimum Gasteiger partial charge on any atom is -0.508 e. The Morgan fingerprint density at radius 3 is 2.45 bits per heavy atom. The summed E-state index contributed by atoms with van der Waals surface area (Å²) in [5, 5.41) is 10.9. The molecule has 38 heavy (non-hydrogen) atoms. The largest absolute Gasteiger partial charge is 0.508 e. The number of allylic oxidation sites excluding steroid dienone is 6. The van der Waals surface area contributed by atoms with E-state index in [1.807, 2.05) is 6.08 Å². The second-order valence-corrected chi connectivity index (χ2v) is 11.1. The van der Waals surface area contributed by atoms with Crippen molar-refractivity contribution in [1.82, 2.24) is 0 Å². The Labute approximate surface area is 227 Å². The second kappa shape index (κ2) is 8.91. The molecular formula is C30H24BrNO6. The Hall–Kier alpha value is -3.78. The number of imide groups is 1. The first kappa shape index (κ1) is 24.6. The zero-order chi connectivity index (χ0) is 26.9. The van der Waals surface area contributed by atoms with Crippen LogP contribution in [0.15, 0.2) is 81.4 Å². The Morgan fingerprint density at radius 1 is 1.00 bits per heavy atom. The number of carbonyl (C=O) groups is 4. The molecule has 2 aromatic carbocycles. The normalized spacial score (nSPS) is 26.6. The molecule has 1 saturated heterocycles. The number of phenols is 1. The van der Waals surface area contributed by atoms with Crippen molar-refractivity contribution in [3.63, 3.8) is 0 Å². The van der Waals surface area contributed by atoms with Gasteiger partial charge in [-0.1, -0.05) is 27.6 Å². The fourth-order valence-electron chi connectivity index (χ4n) is 6.47. The number of carbonyl (C=O) groups excluding carboxylic acids is 4. The molecule has 4 atom stereocenters. The first-order valence-corrected chi connectivity index (χ1v) is 13.2. The van der Waals surface area contributed by atoms with Crippen LogP contribution in [0.3, 0.4) is 0 Å². The van der Waals surface area contributed by atoms with Gasteiger partial charge in [-0.25, -0.2) is 0 Å². The van der Waals surface area contributed by atoms with Gasteiger partial charge in [0.05, 0.1) is 24.6 Å². The Bertz CT molecular complexity index is 1530. The zero-order valence-corrected chi connectivity index (χ0v) is 22.3. The SMILES string of the molecule is COc1ccc(O)c([C@H]2C3=CC[C@@H]4C(=O)N(c5ccc(Br)cc5)C(=O)[C@@H]4[C@@H]3CC3=C2C(=O)C=C(C)C3=O)c1. The van der Waals surface area contributed by atoms with Crippen LogP contribution >= 0.6 is 15.9 Å². The number of nitrogens with zero attached hydrogens (tertiary/aromatic N) is 1. The van der Waals surface area contributed by atoms with Crippen LogP contribution in [0, 0.1) is 17.8 Å². The molecule has 1 aliphatic heterocycles. The van der Waals surface area contributed by atoms with Gasteiger partial charge in [0.25, 0.3) is 0 Å². The van der Waals surface area contributed by atoms with Crippen LogP contribution in [0.2, 0.25) is 0 Å².